The number of nitrogens with one attached hydrogen (secondary N) is 1. The van der Waals surface area contributed by atoms with Crippen molar-refractivity contribution in [2.45, 2.75) is 19.4 Å². The van der Waals surface area contributed by atoms with Crippen LogP contribution in [0.1, 0.15) is 24.4 Å². The Kier molecular flexibility index (Phi) is 5.78. The fraction of sp³-hybridized carbons (Fsp3) is 0.421. The van der Waals surface area contributed by atoms with Gasteiger partial charge in [-0.3, -0.25) is 0 Å². The number of anilines is 1. The molecule has 0 radical (unpaired) electrons. The Labute approximate surface area is 152 Å². The van der Waals surface area contributed by atoms with Gasteiger partial charge < -0.3 is 24.6 Å². The first-order valence-electron chi connectivity index (χ1n) is 8.82. The fourth-order valence-electron chi connectivity index (χ4n) is 3.05. The van der Waals surface area contributed by atoms with E-state index in [9.17, 15) is 14.3 Å². The van der Waals surface area contributed by atoms with Gasteiger partial charge in [-0.25, -0.2) is 9.18 Å². The third-order valence-corrected chi connectivity index (χ3v) is 4.59. The predicted octanol–water partition coefficient (Wildman–Crippen LogP) is 2.55. The zero-order valence-corrected chi connectivity index (χ0v) is 14.8. The smallest absolute Gasteiger partial charge is 0.317 e. The van der Waals surface area contributed by atoms with Crippen molar-refractivity contribution in [2.24, 2.45) is 0 Å². The Hall–Kier alpha value is -2.54. The van der Waals surface area contributed by atoms with Crippen molar-refractivity contribution in [1.29, 1.82) is 0 Å². The van der Waals surface area contributed by atoms with Crippen LogP contribution in [0.15, 0.2) is 41.0 Å². The standard InChI is InChI=1S/C19H24FN3O3/c1-14(24)15-4-5-18(17(20)13-15)22-8-10-23(11-9-22)19(25)21-7-6-16-3-2-12-26-16/h2-5,12-14,24H,6-11H2,1H3,(H,21,25). The predicted molar refractivity (Wildman–Crippen MR) is 96.6 cm³/mol. The zero-order chi connectivity index (χ0) is 18.5. The molecular weight excluding hydrogens is 337 g/mol. The largest absolute Gasteiger partial charge is 0.469 e. The minimum absolute atomic E-state index is 0.110. The molecule has 0 aliphatic carbocycles. The molecule has 1 atom stereocenters. The number of urea groups is 1. The van der Waals surface area contributed by atoms with Gasteiger partial charge in [0.05, 0.1) is 18.1 Å². The number of benzene rings is 1. The molecule has 1 aromatic carbocycles. The van der Waals surface area contributed by atoms with Crippen molar-refractivity contribution < 1.29 is 18.7 Å². The Morgan fingerprint density at radius 1 is 1.31 bits per heavy atom. The highest BCUT2D eigenvalue weighted by atomic mass is 19.1. The second-order valence-electron chi connectivity index (χ2n) is 6.42. The van der Waals surface area contributed by atoms with E-state index in [1.807, 2.05) is 17.0 Å². The van der Waals surface area contributed by atoms with Gasteiger partial charge in [0.2, 0.25) is 0 Å². The summed E-state index contributed by atoms with van der Waals surface area (Å²) in [7, 11) is 0. The van der Waals surface area contributed by atoms with Crippen molar-refractivity contribution in [1.82, 2.24) is 10.2 Å². The van der Waals surface area contributed by atoms with Gasteiger partial charge in [0.15, 0.2) is 0 Å². The van der Waals surface area contributed by atoms with Gasteiger partial charge in [-0.05, 0) is 36.8 Å². The maximum atomic E-state index is 14.3. The molecule has 2 amide bonds. The van der Waals surface area contributed by atoms with Crippen molar-refractivity contribution in [3.63, 3.8) is 0 Å². The molecule has 6 nitrogen and oxygen atoms in total. The van der Waals surface area contributed by atoms with Crippen molar-refractivity contribution in [3.05, 3.63) is 53.7 Å². The minimum Gasteiger partial charge on any atom is -0.469 e. The van der Waals surface area contributed by atoms with Crippen LogP contribution in [-0.2, 0) is 6.42 Å². The molecule has 2 N–H and O–H groups in total. The maximum Gasteiger partial charge on any atom is 0.317 e. The number of halogens is 1. The number of hydrogen-bond donors (Lipinski definition) is 2. The molecule has 1 unspecified atom stereocenters. The number of carbonyl (C=O) groups excluding carboxylic acids is 1. The molecule has 0 spiro atoms. The highest BCUT2D eigenvalue weighted by molar-refractivity contribution is 5.74. The summed E-state index contributed by atoms with van der Waals surface area (Å²) in [5, 5.41) is 12.4. The first-order chi connectivity index (χ1) is 12.5. The van der Waals surface area contributed by atoms with E-state index in [0.29, 0.717) is 50.4 Å². The SMILES string of the molecule is CC(O)c1ccc(N2CCN(C(=O)NCCc3ccco3)CC2)c(F)c1. The molecule has 2 heterocycles. The number of aliphatic hydroxyl groups excluding tert-OH is 1. The molecule has 1 saturated heterocycles. The van der Waals surface area contributed by atoms with Crippen LogP contribution in [-0.4, -0.2) is 48.8 Å². The van der Waals surface area contributed by atoms with Gasteiger partial charge in [-0.15, -0.1) is 0 Å². The second-order valence-corrected chi connectivity index (χ2v) is 6.42. The van der Waals surface area contributed by atoms with Crippen LogP contribution in [0.25, 0.3) is 0 Å². The van der Waals surface area contributed by atoms with E-state index >= 15 is 0 Å². The summed E-state index contributed by atoms with van der Waals surface area (Å²) < 4.78 is 19.5. The number of piperazine rings is 1. The van der Waals surface area contributed by atoms with Gasteiger partial charge in [-0.1, -0.05) is 6.07 Å². The molecule has 1 aromatic heterocycles. The summed E-state index contributed by atoms with van der Waals surface area (Å²) in [6.45, 7) is 4.32. The molecule has 3 rings (SSSR count). The Bertz CT molecular complexity index is 726. The number of rotatable bonds is 5. The van der Waals surface area contributed by atoms with Crippen LogP contribution < -0.4 is 10.2 Å². The van der Waals surface area contributed by atoms with Crippen LogP contribution in [0.3, 0.4) is 0 Å². The summed E-state index contributed by atoms with van der Waals surface area (Å²) in [6, 6.07) is 8.38. The number of carbonyl (C=O) groups is 1. The number of amides is 2. The third-order valence-electron chi connectivity index (χ3n) is 4.59. The van der Waals surface area contributed by atoms with Crippen LogP contribution in [0.2, 0.25) is 0 Å². The lowest BCUT2D eigenvalue weighted by molar-refractivity contribution is 0.194. The van der Waals surface area contributed by atoms with E-state index in [1.165, 1.54) is 6.07 Å². The first-order valence-corrected chi connectivity index (χ1v) is 8.82. The van der Waals surface area contributed by atoms with Gasteiger partial charge in [0.25, 0.3) is 0 Å². The molecule has 1 aliphatic heterocycles. The topological polar surface area (TPSA) is 69.0 Å². The minimum atomic E-state index is -0.694. The van der Waals surface area contributed by atoms with Crippen LogP contribution in [0, 0.1) is 5.82 Å². The zero-order valence-electron chi connectivity index (χ0n) is 14.8. The van der Waals surface area contributed by atoms with E-state index in [2.05, 4.69) is 5.32 Å². The van der Waals surface area contributed by atoms with Gasteiger partial charge in [-0.2, -0.15) is 0 Å². The molecule has 2 aromatic rings. The summed E-state index contributed by atoms with van der Waals surface area (Å²) >= 11 is 0. The van der Waals surface area contributed by atoms with Gasteiger partial charge >= 0.3 is 6.03 Å². The lowest BCUT2D eigenvalue weighted by Gasteiger charge is -2.36. The van der Waals surface area contributed by atoms with Gasteiger partial charge in [0.1, 0.15) is 11.6 Å². The molecule has 1 fully saturated rings. The molecular formula is C19H24FN3O3. The molecule has 0 saturated carbocycles. The molecule has 140 valence electrons. The lowest BCUT2D eigenvalue weighted by Crippen LogP contribution is -2.52. The average Bonchev–Trinajstić information content (AvgIpc) is 3.15. The second kappa shape index (κ2) is 8.23. The summed E-state index contributed by atoms with van der Waals surface area (Å²) in [5.41, 5.74) is 1.06. The first kappa shape index (κ1) is 18.3. The molecule has 26 heavy (non-hydrogen) atoms. The lowest BCUT2D eigenvalue weighted by atomic mass is 10.1. The maximum absolute atomic E-state index is 14.3. The number of furan rings is 1. The Balaban J connectivity index is 1.48. The summed E-state index contributed by atoms with van der Waals surface area (Å²) in [4.78, 5) is 15.9. The van der Waals surface area contributed by atoms with E-state index in [0.717, 1.165) is 5.76 Å². The van der Waals surface area contributed by atoms with Crippen molar-refractivity contribution in [3.8, 4) is 0 Å². The van der Waals surface area contributed by atoms with Crippen LogP contribution in [0.5, 0.6) is 0 Å². The third kappa shape index (κ3) is 4.35. The quantitative estimate of drug-likeness (QED) is 0.859. The summed E-state index contributed by atoms with van der Waals surface area (Å²) in [5.74, 6) is 0.492. The number of aliphatic hydroxyl groups is 1. The normalized spacial score (nSPS) is 15.8. The fourth-order valence-corrected chi connectivity index (χ4v) is 3.05. The van der Waals surface area contributed by atoms with Crippen LogP contribution >= 0.6 is 0 Å². The highest BCUT2D eigenvalue weighted by Gasteiger charge is 2.23. The Morgan fingerprint density at radius 2 is 2.08 bits per heavy atom. The van der Waals surface area contributed by atoms with E-state index < -0.39 is 6.10 Å². The monoisotopic (exact) mass is 361 g/mol. The van der Waals surface area contributed by atoms with Crippen LogP contribution in [0.4, 0.5) is 14.9 Å². The Morgan fingerprint density at radius 3 is 2.69 bits per heavy atom. The highest BCUT2D eigenvalue weighted by Crippen LogP contribution is 2.24. The summed E-state index contributed by atoms with van der Waals surface area (Å²) in [6.07, 6.45) is 1.57. The molecule has 7 heteroatoms. The van der Waals surface area contributed by atoms with Crippen molar-refractivity contribution >= 4 is 11.7 Å². The van der Waals surface area contributed by atoms with Gasteiger partial charge in [0, 0.05) is 39.1 Å². The molecule has 0 bridgehead atoms. The molecule has 1 aliphatic rings. The van der Waals surface area contributed by atoms with E-state index in [1.54, 1.807) is 30.2 Å². The van der Waals surface area contributed by atoms with E-state index in [4.69, 9.17) is 4.42 Å². The average molecular weight is 361 g/mol. The number of nitrogens with zero attached hydrogens (tertiary/aromatic N) is 2. The van der Waals surface area contributed by atoms with Crippen molar-refractivity contribution in [2.75, 3.05) is 37.6 Å². The van der Waals surface area contributed by atoms with E-state index in [-0.39, 0.29) is 11.8 Å². The number of hydrogen-bond acceptors (Lipinski definition) is 4.